The summed E-state index contributed by atoms with van der Waals surface area (Å²) in [5, 5.41) is 7.84. The molecule has 1 fully saturated rings. The van der Waals surface area contributed by atoms with Crippen molar-refractivity contribution in [2.75, 3.05) is 33.2 Å². The van der Waals surface area contributed by atoms with Crippen molar-refractivity contribution in [3.05, 3.63) is 82.6 Å². The van der Waals surface area contributed by atoms with E-state index in [9.17, 15) is 4.79 Å². The van der Waals surface area contributed by atoms with Gasteiger partial charge in [-0.15, -0.1) is 0 Å². The summed E-state index contributed by atoms with van der Waals surface area (Å²) in [7, 11) is 2.17. The molecule has 2 aromatic carbocycles. The molecule has 1 aromatic heterocycles. The molecule has 2 heterocycles. The molecular weight excluding hydrogens is 398 g/mol. The molecule has 3 aromatic rings. The molecule has 0 saturated carbocycles. The molecule has 156 valence electrons. The van der Waals surface area contributed by atoms with Crippen LogP contribution < -0.4 is 5.32 Å². The Bertz CT molecular complexity index is 1010. The van der Waals surface area contributed by atoms with Crippen molar-refractivity contribution in [1.82, 2.24) is 24.9 Å². The third kappa shape index (κ3) is 5.08. The molecule has 0 bridgehead atoms. The highest BCUT2D eigenvalue weighted by atomic mass is 35.5. The van der Waals surface area contributed by atoms with Gasteiger partial charge in [0.15, 0.2) is 0 Å². The minimum atomic E-state index is -0.155. The van der Waals surface area contributed by atoms with E-state index in [1.54, 1.807) is 23.1 Å². The number of amides is 1. The summed E-state index contributed by atoms with van der Waals surface area (Å²) in [5.41, 5.74) is 3.62. The van der Waals surface area contributed by atoms with Gasteiger partial charge in [0.05, 0.1) is 22.5 Å². The van der Waals surface area contributed by atoms with Gasteiger partial charge in [0.1, 0.15) is 0 Å². The van der Waals surface area contributed by atoms with Crippen molar-refractivity contribution >= 4 is 17.5 Å². The van der Waals surface area contributed by atoms with Crippen molar-refractivity contribution in [3.8, 4) is 5.69 Å². The zero-order valence-corrected chi connectivity index (χ0v) is 17.8. The summed E-state index contributed by atoms with van der Waals surface area (Å²) < 4.78 is 1.62. The zero-order valence-electron chi connectivity index (χ0n) is 17.1. The minimum absolute atomic E-state index is 0.155. The fourth-order valence-corrected chi connectivity index (χ4v) is 3.82. The van der Waals surface area contributed by atoms with Crippen LogP contribution in [0.4, 0.5) is 0 Å². The Morgan fingerprint density at radius 3 is 2.63 bits per heavy atom. The maximum atomic E-state index is 12.6. The molecule has 1 amide bonds. The van der Waals surface area contributed by atoms with Gasteiger partial charge in [0.25, 0.3) is 5.91 Å². The molecule has 1 N–H and O–H groups in total. The summed E-state index contributed by atoms with van der Waals surface area (Å²) in [5.74, 6) is -0.155. The Balaban J connectivity index is 1.35. The zero-order chi connectivity index (χ0) is 20.9. The fraction of sp³-hybridized carbons (Fsp3) is 0.304. The van der Waals surface area contributed by atoms with Crippen LogP contribution in [0.1, 0.15) is 21.5 Å². The number of halogens is 1. The molecule has 4 rings (SSSR count). The van der Waals surface area contributed by atoms with Crippen molar-refractivity contribution in [2.24, 2.45) is 0 Å². The second kappa shape index (κ2) is 9.43. The van der Waals surface area contributed by atoms with E-state index in [1.165, 1.54) is 5.56 Å². The topological polar surface area (TPSA) is 53.4 Å². The van der Waals surface area contributed by atoms with E-state index < -0.39 is 0 Å². The molecule has 1 aliphatic rings. The van der Waals surface area contributed by atoms with Crippen LogP contribution in [-0.4, -0.2) is 58.7 Å². The number of piperazine rings is 1. The summed E-state index contributed by atoms with van der Waals surface area (Å²) in [6.07, 6.45) is 3.25. The predicted octanol–water partition coefficient (Wildman–Crippen LogP) is 3.20. The Kier molecular flexibility index (Phi) is 6.47. The number of carbonyl (C=O) groups excluding carboxylic acids is 1. The molecule has 0 unspecified atom stereocenters. The lowest BCUT2D eigenvalue weighted by molar-refractivity contribution is 0.0951. The quantitative estimate of drug-likeness (QED) is 0.661. The third-order valence-corrected chi connectivity index (χ3v) is 5.71. The Morgan fingerprint density at radius 1 is 1.07 bits per heavy atom. The molecule has 0 atom stereocenters. The number of aromatic nitrogens is 2. The highest BCUT2D eigenvalue weighted by Crippen LogP contribution is 2.19. The molecule has 0 spiro atoms. The van der Waals surface area contributed by atoms with E-state index in [0.717, 1.165) is 44.0 Å². The first kappa shape index (κ1) is 20.6. The van der Waals surface area contributed by atoms with Crippen LogP contribution in [0.25, 0.3) is 5.69 Å². The van der Waals surface area contributed by atoms with Crippen LogP contribution in [0, 0.1) is 0 Å². The lowest BCUT2D eigenvalue weighted by Gasteiger charge is -2.32. The van der Waals surface area contributed by atoms with Crippen molar-refractivity contribution in [3.63, 3.8) is 0 Å². The summed E-state index contributed by atoms with van der Waals surface area (Å²) in [4.78, 5) is 17.4. The SMILES string of the molecule is CN1CCN(Cc2cccc(CNC(=O)c3cnn(-c4ccccc4Cl)c3)c2)CC1. The lowest BCUT2D eigenvalue weighted by Crippen LogP contribution is -2.43. The average molecular weight is 424 g/mol. The van der Waals surface area contributed by atoms with E-state index in [1.807, 2.05) is 24.3 Å². The number of hydrogen-bond donors (Lipinski definition) is 1. The summed E-state index contributed by atoms with van der Waals surface area (Å²) in [6.45, 7) is 5.82. The summed E-state index contributed by atoms with van der Waals surface area (Å²) in [6, 6.07) is 15.8. The van der Waals surface area contributed by atoms with Crippen molar-refractivity contribution in [1.29, 1.82) is 0 Å². The third-order valence-electron chi connectivity index (χ3n) is 5.39. The molecule has 7 heteroatoms. The van der Waals surface area contributed by atoms with Gasteiger partial charge in [-0.2, -0.15) is 5.10 Å². The molecule has 30 heavy (non-hydrogen) atoms. The second-order valence-corrected chi connectivity index (χ2v) is 8.11. The van der Waals surface area contributed by atoms with Crippen molar-refractivity contribution in [2.45, 2.75) is 13.1 Å². The number of para-hydroxylation sites is 1. The maximum Gasteiger partial charge on any atom is 0.254 e. The normalized spacial score (nSPS) is 15.3. The smallest absolute Gasteiger partial charge is 0.254 e. The molecule has 1 saturated heterocycles. The van der Waals surface area contributed by atoms with Gasteiger partial charge in [0, 0.05) is 45.5 Å². The highest BCUT2D eigenvalue weighted by molar-refractivity contribution is 6.32. The monoisotopic (exact) mass is 423 g/mol. The minimum Gasteiger partial charge on any atom is -0.348 e. The first-order valence-electron chi connectivity index (χ1n) is 10.1. The second-order valence-electron chi connectivity index (χ2n) is 7.71. The number of carbonyl (C=O) groups is 1. The number of likely N-dealkylation sites (N-methyl/N-ethyl adjacent to an activating group) is 1. The molecule has 1 aliphatic heterocycles. The summed E-state index contributed by atoms with van der Waals surface area (Å²) >= 11 is 6.21. The molecule has 0 aliphatic carbocycles. The Labute approximate surface area is 182 Å². The molecule has 6 nitrogen and oxygen atoms in total. The van der Waals surface area contributed by atoms with E-state index >= 15 is 0 Å². The van der Waals surface area contributed by atoms with Gasteiger partial charge in [-0.25, -0.2) is 4.68 Å². The maximum absolute atomic E-state index is 12.6. The largest absolute Gasteiger partial charge is 0.348 e. The number of hydrogen-bond acceptors (Lipinski definition) is 4. The number of nitrogens with zero attached hydrogens (tertiary/aromatic N) is 4. The van der Waals surface area contributed by atoms with Gasteiger partial charge >= 0.3 is 0 Å². The number of nitrogens with one attached hydrogen (secondary N) is 1. The predicted molar refractivity (Wildman–Crippen MR) is 119 cm³/mol. The molecular formula is C23H26ClN5O. The Hall–Kier alpha value is -2.67. The number of benzene rings is 2. The van der Waals surface area contributed by atoms with E-state index in [0.29, 0.717) is 17.1 Å². The van der Waals surface area contributed by atoms with E-state index in [-0.39, 0.29) is 5.91 Å². The van der Waals surface area contributed by atoms with Gasteiger partial charge < -0.3 is 10.2 Å². The standard InChI is InChI=1S/C23H26ClN5O/c1-27-9-11-28(12-10-27)16-19-6-4-5-18(13-19)14-25-23(30)20-15-26-29(17-20)22-8-3-2-7-21(22)24/h2-8,13,15,17H,9-12,14,16H2,1H3,(H,25,30). The van der Waals surface area contributed by atoms with Gasteiger partial charge in [0.2, 0.25) is 0 Å². The van der Waals surface area contributed by atoms with Crippen LogP contribution >= 0.6 is 11.6 Å². The van der Waals surface area contributed by atoms with Crippen LogP contribution in [0.15, 0.2) is 60.9 Å². The number of rotatable bonds is 6. The average Bonchev–Trinajstić information content (AvgIpc) is 3.24. The van der Waals surface area contributed by atoms with Gasteiger partial charge in [-0.3, -0.25) is 9.69 Å². The van der Waals surface area contributed by atoms with Gasteiger partial charge in [-0.05, 0) is 30.3 Å². The lowest BCUT2D eigenvalue weighted by atomic mass is 10.1. The van der Waals surface area contributed by atoms with E-state index in [2.05, 4.69) is 45.5 Å². The highest BCUT2D eigenvalue weighted by Gasteiger charge is 2.14. The first-order chi connectivity index (χ1) is 14.6. The Morgan fingerprint density at radius 2 is 1.83 bits per heavy atom. The van der Waals surface area contributed by atoms with E-state index in [4.69, 9.17) is 11.6 Å². The fourth-order valence-electron chi connectivity index (χ4n) is 3.60. The molecule has 0 radical (unpaired) electrons. The van der Waals surface area contributed by atoms with Crippen LogP contribution in [0.2, 0.25) is 5.02 Å². The van der Waals surface area contributed by atoms with Crippen molar-refractivity contribution < 1.29 is 4.79 Å². The first-order valence-corrected chi connectivity index (χ1v) is 10.5. The van der Waals surface area contributed by atoms with Crippen LogP contribution in [0.5, 0.6) is 0 Å². The van der Waals surface area contributed by atoms with Crippen LogP contribution in [-0.2, 0) is 13.1 Å². The van der Waals surface area contributed by atoms with Gasteiger partial charge in [-0.1, -0.05) is 48.0 Å². The van der Waals surface area contributed by atoms with Crippen LogP contribution in [0.3, 0.4) is 0 Å².